The molecule has 6 nitrogen and oxygen atoms in total. The second-order valence-corrected chi connectivity index (χ2v) is 7.71. The summed E-state index contributed by atoms with van der Waals surface area (Å²) in [6, 6.07) is 11.2. The summed E-state index contributed by atoms with van der Waals surface area (Å²) in [6.45, 7) is 3.83. The van der Waals surface area contributed by atoms with E-state index in [2.05, 4.69) is 5.32 Å². The summed E-state index contributed by atoms with van der Waals surface area (Å²) < 4.78 is 29.6. The molecule has 3 rings (SSSR count). The van der Waals surface area contributed by atoms with E-state index in [9.17, 15) is 9.18 Å². The number of esters is 1. The first-order valence-electron chi connectivity index (χ1n) is 9.78. The van der Waals surface area contributed by atoms with Crippen LogP contribution in [0.3, 0.4) is 0 Å². The molecular formula is C23H25FN2O4S. The number of nitrogens with one attached hydrogen (secondary N) is 1. The summed E-state index contributed by atoms with van der Waals surface area (Å²) in [5, 5.41) is 3.81. The summed E-state index contributed by atoms with van der Waals surface area (Å²) in [6.07, 6.45) is 0. The number of carbonyl (C=O) groups excluding carboxylic acids is 1. The molecule has 0 amide bonds. The third-order valence-corrected chi connectivity index (χ3v) is 5.67. The number of amidine groups is 1. The van der Waals surface area contributed by atoms with Gasteiger partial charge in [0.05, 0.1) is 26.4 Å². The average Bonchev–Trinajstić information content (AvgIpc) is 2.77. The van der Waals surface area contributed by atoms with Crippen molar-refractivity contribution >= 4 is 22.9 Å². The highest BCUT2D eigenvalue weighted by atomic mass is 32.2. The Balaban J connectivity index is 1.96. The lowest BCUT2D eigenvalue weighted by molar-refractivity contribution is -0.138. The summed E-state index contributed by atoms with van der Waals surface area (Å²) >= 11 is 1.43. The molecule has 0 aliphatic carbocycles. The van der Waals surface area contributed by atoms with Gasteiger partial charge in [-0.25, -0.2) is 14.2 Å². The van der Waals surface area contributed by atoms with Crippen LogP contribution >= 0.6 is 11.8 Å². The molecule has 2 aromatic carbocycles. The third kappa shape index (κ3) is 5.38. The molecule has 1 heterocycles. The molecule has 0 saturated heterocycles. The number of thioether (sulfide) groups is 1. The van der Waals surface area contributed by atoms with Gasteiger partial charge in [-0.15, -0.1) is 0 Å². The molecule has 0 bridgehead atoms. The summed E-state index contributed by atoms with van der Waals surface area (Å²) in [5.41, 5.74) is 2.63. The van der Waals surface area contributed by atoms with Crippen molar-refractivity contribution in [2.45, 2.75) is 25.6 Å². The number of aliphatic imine (C=N–C) groups is 1. The normalized spacial score (nSPS) is 15.8. The first kappa shape index (κ1) is 22.7. The van der Waals surface area contributed by atoms with Crippen LogP contribution in [0.2, 0.25) is 0 Å². The van der Waals surface area contributed by atoms with Gasteiger partial charge in [0.2, 0.25) is 0 Å². The second kappa shape index (κ2) is 10.3. The maximum Gasteiger partial charge on any atom is 0.338 e. The van der Waals surface area contributed by atoms with Crippen LogP contribution in [0.4, 0.5) is 4.39 Å². The van der Waals surface area contributed by atoms with Gasteiger partial charge < -0.3 is 19.5 Å². The number of hydrogen-bond acceptors (Lipinski definition) is 7. The van der Waals surface area contributed by atoms with Crippen LogP contribution in [-0.2, 0) is 15.3 Å². The van der Waals surface area contributed by atoms with E-state index in [1.54, 1.807) is 39.3 Å². The smallest absolute Gasteiger partial charge is 0.338 e. The van der Waals surface area contributed by atoms with Crippen molar-refractivity contribution in [3.8, 4) is 11.5 Å². The Labute approximate surface area is 185 Å². The van der Waals surface area contributed by atoms with Gasteiger partial charge in [0, 0.05) is 23.1 Å². The minimum Gasteiger partial charge on any atom is -0.497 e. The van der Waals surface area contributed by atoms with Gasteiger partial charge in [-0.05, 0) is 43.7 Å². The topological polar surface area (TPSA) is 69.2 Å². The highest BCUT2D eigenvalue weighted by Crippen LogP contribution is 2.39. The SMILES string of the molecule is CCOC(=O)C1=C(C)NC(SCc2cccc(F)c2)=N[C@H]1c1ccc(OC)cc1OC. The van der Waals surface area contributed by atoms with Crippen LogP contribution in [0.5, 0.6) is 11.5 Å². The van der Waals surface area contributed by atoms with Crippen molar-refractivity contribution < 1.29 is 23.4 Å². The molecule has 8 heteroatoms. The van der Waals surface area contributed by atoms with Gasteiger partial charge in [0.1, 0.15) is 23.4 Å². The molecule has 164 valence electrons. The van der Waals surface area contributed by atoms with E-state index in [0.29, 0.717) is 33.7 Å². The van der Waals surface area contributed by atoms with Crippen molar-refractivity contribution in [3.63, 3.8) is 0 Å². The zero-order valence-electron chi connectivity index (χ0n) is 17.9. The molecule has 2 aromatic rings. The zero-order chi connectivity index (χ0) is 22.4. The lowest BCUT2D eigenvalue weighted by Crippen LogP contribution is -2.30. The van der Waals surface area contributed by atoms with Crippen LogP contribution in [0.15, 0.2) is 58.7 Å². The molecule has 0 spiro atoms. The van der Waals surface area contributed by atoms with E-state index >= 15 is 0 Å². The zero-order valence-corrected chi connectivity index (χ0v) is 18.7. The Kier molecular flexibility index (Phi) is 7.57. The van der Waals surface area contributed by atoms with Crippen molar-refractivity contribution in [2.75, 3.05) is 20.8 Å². The minimum atomic E-state index is -0.615. The molecule has 0 unspecified atom stereocenters. The quantitative estimate of drug-likeness (QED) is 0.629. The average molecular weight is 445 g/mol. The number of ether oxygens (including phenoxy) is 3. The molecule has 31 heavy (non-hydrogen) atoms. The number of benzene rings is 2. The summed E-state index contributed by atoms with van der Waals surface area (Å²) in [7, 11) is 3.13. The van der Waals surface area contributed by atoms with Crippen LogP contribution in [0, 0.1) is 5.82 Å². The third-order valence-electron chi connectivity index (χ3n) is 4.71. The predicted molar refractivity (Wildman–Crippen MR) is 120 cm³/mol. The van der Waals surface area contributed by atoms with E-state index in [0.717, 1.165) is 11.1 Å². The Morgan fingerprint density at radius 3 is 2.68 bits per heavy atom. The molecule has 1 N–H and O–H groups in total. The number of halogens is 1. The van der Waals surface area contributed by atoms with Crippen molar-refractivity contribution in [3.05, 3.63) is 70.7 Å². The van der Waals surface area contributed by atoms with Crippen LogP contribution in [0.1, 0.15) is 31.0 Å². The van der Waals surface area contributed by atoms with Crippen molar-refractivity contribution in [1.29, 1.82) is 0 Å². The largest absolute Gasteiger partial charge is 0.497 e. The Bertz CT molecular complexity index is 1020. The first-order valence-corrected chi connectivity index (χ1v) is 10.8. The van der Waals surface area contributed by atoms with E-state index < -0.39 is 12.0 Å². The Morgan fingerprint density at radius 2 is 2.00 bits per heavy atom. The van der Waals surface area contributed by atoms with Gasteiger partial charge in [-0.3, -0.25) is 0 Å². The van der Waals surface area contributed by atoms with E-state index in [1.165, 1.54) is 23.9 Å². The molecule has 0 fully saturated rings. The lowest BCUT2D eigenvalue weighted by Gasteiger charge is -2.27. The number of carbonyl (C=O) groups is 1. The summed E-state index contributed by atoms with van der Waals surface area (Å²) in [4.78, 5) is 17.5. The van der Waals surface area contributed by atoms with Crippen molar-refractivity contribution in [1.82, 2.24) is 5.32 Å². The predicted octanol–water partition coefficient (Wildman–Crippen LogP) is 4.61. The lowest BCUT2D eigenvalue weighted by atomic mass is 9.95. The Morgan fingerprint density at radius 1 is 1.19 bits per heavy atom. The van der Waals surface area contributed by atoms with E-state index in [-0.39, 0.29) is 12.4 Å². The molecule has 0 saturated carbocycles. The van der Waals surface area contributed by atoms with Gasteiger partial charge in [0.25, 0.3) is 0 Å². The maximum atomic E-state index is 13.5. The number of rotatable bonds is 7. The molecule has 0 aromatic heterocycles. The molecular weight excluding hydrogens is 419 g/mol. The highest BCUT2D eigenvalue weighted by Gasteiger charge is 2.32. The van der Waals surface area contributed by atoms with Crippen LogP contribution in [-0.4, -0.2) is 32.0 Å². The number of methoxy groups -OCH3 is 2. The summed E-state index contributed by atoms with van der Waals surface area (Å²) in [5.74, 6) is 1.00. The standard InChI is InChI=1S/C23H25FN2O4S/c1-5-30-22(27)20-14(2)25-23(31-13-15-7-6-8-16(24)11-15)26-21(20)18-10-9-17(28-3)12-19(18)29-4/h6-12,21H,5,13H2,1-4H3,(H,25,26)/t21-/m0/s1. The second-order valence-electron chi connectivity index (χ2n) is 6.75. The number of hydrogen-bond donors (Lipinski definition) is 1. The molecule has 1 aliphatic heterocycles. The minimum absolute atomic E-state index is 0.257. The molecule has 0 radical (unpaired) electrons. The first-order chi connectivity index (χ1) is 15.0. The fourth-order valence-electron chi connectivity index (χ4n) is 3.24. The monoisotopic (exact) mass is 444 g/mol. The fraction of sp³-hybridized carbons (Fsp3) is 0.304. The molecule has 1 aliphatic rings. The number of allylic oxidation sites excluding steroid dienone is 1. The highest BCUT2D eigenvalue weighted by molar-refractivity contribution is 8.13. The maximum absolute atomic E-state index is 13.5. The van der Waals surface area contributed by atoms with E-state index in [4.69, 9.17) is 19.2 Å². The van der Waals surface area contributed by atoms with E-state index in [1.807, 2.05) is 19.1 Å². The Hall–Kier alpha value is -3.00. The van der Waals surface area contributed by atoms with Crippen molar-refractivity contribution in [2.24, 2.45) is 4.99 Å². The number of nitrogens with zero attached hydrogens (tertiary/aromatic N) is 1. The van der Waals surface area contributed by atoms with Gasteiger partial charge in [0.15, 0.2) is 5.17 Å². The van der Waals surface area contributed by atoms with Gasteiger partial charge in [-0.2, -0.15) is 0 Å². The van der Waals surface area contributed by atoms with Gasteiger partial charge in [-0.1, -0.05) is 23.9 Å². The van der Waals surface area contributed by atoms with Crippen LogP contribution < -0.4 is 14.8 Å². The van der Waals surface area contributed by atoms with Crippen LogP contribution in [0.25, 0.3) is 0 Å². The molecule has 1 atom stereocenters. The van der Waals surface area contributed by atoms with Gasteiger partial charge >= 0.3 is 5.97 Å². The fourth-order valence-corrected chi connectivity index (χ4v) is 4.13.